The average molecular weight is 651 g/mol. The van der Waals surface area contributed by atoms with Crippen LogP contribution in [0.1, 0.15) is 42.1 Å². The number of ether oxygens (including phenoxy) is 1. The molecule has 7 rings (SSSR count). The van der Waals surface area contributed by atoms with Gasteiger partial charge in [-0.15, -0.1) is 0 Å². The van der Waals surface area contributed by atoms with Gasteiger partial charge in [-0.3, -0.25) is 19.0 Å². The number of halogens is 2. The van der Waals surface area contributed by atoms with Crippen molar-refractivity contribution in [2.24, 2.45) is 0 Å². The Morgan fingerprint density at radius 1 is 0.739 bits per heavy atom. The highest BCUT2D eigenvalue weighted by Crippen LogP contribution is 2.38. The summed E-state index contributed by atoms with van der Waals surface area (Å²) in [5.41, 5.74) is 4.35. The summed E-state index contributed by atoms with van der Waals surface area (Å²) in [5.74, 6) is 0.397. The smallest absolute Gasteiger partial charge is 0.261 e. The van der Waals surface area contributed by atoms with Gasteiger partial charge in [-0.25, -0.2) is 0 Å². The Morgan fingerprint density at radius 2 is 1.39 bits per heavy atom. The zero-order chi connectivity index (χ0) is 31.9. The number of carbonyl (C=O) groups is 1. The van der Waals surface area contributed by atoms with Gasteiger partial charge in [-0.1, -0.05) is 72.9 Å². The van der Waals surface area contributed by atoms with Crippen molar-refractivity contribution >= 4 is 73.0 Å². The van der Waals surface area contributed by atoms with Crippen molar-refractivity contribution in [2.75, 3.05) is 6.61 Å². The van der Waals surface area contributed by atoms with Crippen molar-refractivity contribution in [3.8, 4) is 16.9 Å². The van der Waals surface area contributed by atoms with Crippen LogP contribution in [0.4, 0.5) is 0 Å². The zero-order valence-corrected chi connectivity index (χ0v) is 26.6. The molecule has 0 spiro atoms. The fourth-order valence-corrected chi connectivity index (χ4v) is 6.81. The molecule has 230 valence electrons. The number of unbranched alkanes of at least 4 members (excludes halogenated alkanes) is 1. The second-order valence-electron chi connectivity index (χ2n) is 11.5. The molecule has 0 N–H and O–H groups in total. The Bertz CT molecular complexity index is 2340. The number of aldehydes is 1. The Labute approximate surface area is 274 Å². The molecule has 0 saturated heterocycles. The summed E-state index contributed by atoms with van der Waals surface area (Å²) in [6.45, 7) is 2.57. The first kappa shape index (κ1) is 30.0. The zero-order valence-electron chi connectivity index (χ0n) is 25.1. The molecule has 0 radical (unpaired) electrons. The van der Waals surface area contributed by atoms with Gasteiger partial charge in [0.05, 0.1) is 22.2 Å². The summed E-state index contributed by atoms with van der Waals surface area (Å²) in [5, 5.41) is 4.54. The van der Waals surface area contributed by atoms with Crippen molar-refractivity contribution in [3.05, 3.63) is 121 Å². The van der Waals surface area contributed by atoms with Gasteiger partial charge in [0.2, 0.25) is 0 Å². The number of pyridine rings is 1. The van der Waals surface area contributed by atoms with E-state index in [1.165, 1.54) is 35.1 Å². The maximum absolute atomic E-state index is 13.7. The second-order valence-corrected chi connectivity index (χ2v) is 12.3. The third-order valence-electron chi connectivity index (χ3n) is 8.63. The number of aromatic nitrogens is 1. The van der Waals surface area contributed by atoms with Gasteiger partial charge in [-0.05, 0) is 83.8 Å². The van der Waals surface area contributed by atoms with Crippen LogP contribution in [0.15, 0.2) is 92.9 Å². The first-order valence-electron chi connectivity index (χ1n) is 15.3. The van der Waals surface area contributed by atoms with Crippen molar-refractivity contribution in [2.45, 2.75) is 39.2 Å². The van der Waals surface area contributed by atoms with Crippen molar-refractivity contribution < 1.29 is 13.9 Å². The fraction of sp³-hybridized carbons (Fsp3) is 0.184. The van der Waals surface area contributed by atoms with E-state index in [0.717, 1.165) is 39.3 Å². The van der Waals surface area contributed by atoms with E-state index < -0.39 is 0 Å². The molecule has 2 aromatic heterocycles. The molecule has 0 unspecified atom stereocenters. The Kier molecular flexibility index (Phi) is 8.01. The number of carbonyl (C=O) groups excluding carboxylic acids is 1. The molecular formula is C38H29Cl2NO5. The molecule has 0 aliphatic carbocycles. The molecule has 46 heavy (non-hydrogen) atoms. The third-order valence-corrected chi connectivity index (χ3v) is 9.26. The molecule has 0 fully saturated rings. The molecule has 0 aliphatic rings. The van der Waals surface area contributed by atoms with E-state index in [9.17, 15) is 14.4 Å². The molecule has 0 atom stereocenters. The molecule has 5 aromatic carbocycles. The predicted octanol–water partition coefficient (Wildman–Crippen LogP) is 9.45. The Morgan fingerprint density at radius 3 is 2.09 bits per heavy atom. The largest absolute Gasteiger partial charge is 0.493 e. The fourth-order valence-electron chi connectivity index (χ4n) is 6.26. The quantitative estimate of drug-likeness (QED) is 0.0638. The molecule has 6 nitrogen and oxygen atoms in total. The number of hydrogen-bond acceptors (Lipinski definition) is 5. The first-order chi connectivity index (χ1) is 22.4. The summed E-state index contributed by atoms with van der Waals surface area (Å²) in [6.07, 6.45) is 4.38. The van der Waals surface area contributed by atoms with E-state index in [1.807, 2.05) is 24.3 Å². The highest BCUT2D eigenvalue weighted by Gasteiger charge is 2.19. The van der Waals surface area contributed by atoms with Crippen LogP contribution in [-0.2, 0) is 13.0 Å². The number of hydrogen-bond donors (Lipinski definition) is 0. The lowest BCUT2D eigenvalue weighted by Crippen LogP contribution is -2.33. The van der Waals surface area contributed by atoms with Gasteiger partial charge in [-0.2, -0.15) is 0 Å². The lowest BCUT2D eigenvalue weighted by atomic mass is 9.95. The van der Waals surface area contributed by atoms with Crippen LogP contribution in [0.3, 0.4) is 0 Å². The number of rotatable bonds is 10. The van der Waals surface area contributed by atoms with E-state index in [4.69, 9.17) is 32.4 Å². The number of fused-ring (bicyclic) bond motifs is 2. The van der Waals surface area contributed by atoms with Gasteiger partial charge < -0.3 is 9.15 Å². The van der Waals surface area contributed by atoms with Crippen LogP contribution in [0.2, 0.25) is 10.0 Å². The first-order valence-corrected chi connectivity index (χ1v) is 16.1. The lowest BCUT2D eigenvalue weighted by molar-refractivity contribution is 0.112. The highest BCUT2D eigenvalue weighted by molar-refractivity contribution is 6.38. The van der Waals surface area contributed by atoms with Crippen LogP contribution in [0.5, 0.6) is 5.75 Å². The number of nitrogens with zero attached hydrogens (tertiary/aromatic N) is 1. The minimum Gasteiger partial charge on any atom is -0.493 e. The molecule has 7 aromatic rings. The van der Waals surface area contributed by atoms with Crippen molar-refractivity contribution in [1.29, 1.82) is 0 Å². The Hall–Kier alpha value is -4.65. The van der Waals surface area contributed by atoms with E-state index >= 15 is 0 Å². The summed E-state index contributed by atoms with van der Waals surface area (Å²) in [7, 11) is 0. The summed E-state index contributed by atoms with van der Waals surface area (Å²) < 4.78 is 13.4. The van der Waals surface area contributed by atoms with E-state index in [1.54, 1.807) is 6.07 Å². The van der Waals surface area contributed by atoms with E-state index in [2.05, 4.69) is 43.3 Å². The van der Waals surface area contributed by atoms with Gasteiger partial charge in [0.1, 0.15) is 16.9 Å². The predicted molar refractivity (Wildman–Crippen MR) is 186 cm³/mol. The second kappa shape index (κ2) is 12.3. The number of benzene rings is 5. The standard InChI is InChI=1S/C38H29Cl2NO5/c1-2-3-5-22-6-8-23(9-7-22)24-10-14-33-29(18-24)26-11-12-27-35-28(13-15-34(46-33)36(26)35)38(44)41(37(27)43)16-4-17-45-25-19-31(39)30(21-42)32(40)20-25/h6-15,18-21H,2-5,16-17H2,1H3. The van der Waals surface area contributed by atoms with E-state index in [-0.39, 0.29) is 39.9 Å². The van der Waals surface area contributed by atoms with Gasteiger partial charge in [0.25, 0.3) is 11.1 Å². The monoisotopic (exact) mass is 649 g/mol. The molecule has 0 bridgehead atoms. The normalized spacial score (nSPS) is 11.7. The summed E-state index contributed by atoms with van der Waals surface area (Å²) in [6, 6.07) is 25.2. The molecule has 0 saturated carbocycles. The maximum atomic E-state index is 13.7. The third kappa shape index (κ3) is 5.21. The highest BCUT2D eigenvalue weighted by atomic mass is 35.5. The van der Waals surface area contributed by atoms with Gasteiger partial charge in [0.15, 0.2) is 6.29 Å². The summed E-state index contributed by atoms with van der Waals surface area (Å²) >= 11 is 12.2. The van der Waals surface area contributed by atoms with Crippen LogP contribution in [-0.4, -0.2) is 17.5 Å². The molecule has 8 heteroatoms. The van der Waals surface area contributed by atoms with Crippen LogP contribution < -0.4 is 15.9 Å². The molecule has 0 amide bonds. The number of aryl methyl sites for hydroxylation is 1. The van der Waals surface area contributed by atoms with Gasteiger partial charge >= 0.3 is 0 Å². The Balaban J connectivity index is 1.23. The average Bonchev–Trinajstić information content (AvgIpc) is 3.06. The van der Waals surface area contributed by atoms with Crippen LogP contribution >= 0.6 is 23.2 Å². The minimum atomic E-state index is -0.356. The van der Waals surface area contributed by atoms with E-state index in [0.29, 0.717) is 40.2 Å². The van der Waals surface area contributed by atoms with Gasteiger partial charge in [0, 0.05) is 33.5 Å². The van der Waals surface area contributed by atoms with Crippen molar-refractivity contribution in [3.63, 3.8) is 0 Å². The summed E-state index contributed by atoms with van der Waals surface area (Å²) in [4.78, 5) is 38.5. The SMILES string of the molecule is CCCCc1ccc(-c2ccc3oc4ccc5c(=O)n(CCCOc6cc(Cl)c(C=O)c(Cl)c6)c(=O)c6ccc(c3c2)c4c56)cc1. The lowest BCUT2D eigenvalue weighted by Gasteiger charge is -2.15. The van der Waals surface area contributed by atoms with Crippen LogP contribution in [0, 0.1) is 0 Å². The maximum Gasteiger partial charge on any atom is 0.261 e. The van der Waals surface area contributed by atoms with Crippen molar-refractivity contribution in [1.82, 2.24) is 4.57 Å². The molecule has 2 heterocycles. The molecular weight excluding hydrogens is 621 g/mol. The topological polar surface area (TPSA) is 78.5 Å². The molecule has 0 aliphatic heterocycles. The minimum absolute atomic E-state index is 0.163. The van der Waals surface area contributed by atoms with Crippen LogP contribution in [0.25, 0.3) is 54.6 Å².